The van der Waals surface area contributed by atoms with Crippen LogP contribution < -0.4 is 5.32 Å². The number of aryl methyl sites for hydroxylation is 1. The maximum atomic E-state index is 6.45. The smallest absolute Gasteiger partial charge is 0.0967 e. The molecule has 2 heterocycles. The Morgan fingerprint density at radius 2 is 1.92 bits per heavy atom. The summed E-state index contributed by atoms with van der Waals surface area (Å²) in [5.41, 5.74) is 4.44. The number of aliphatic imine (C=N–C) groups is 1. The Labute approximate surface area is 150 Å². The molecule has 1 aliphatic heterocycles. The van der Waals surface area contributed by atoms with Crippen LogP contribution in [0.25, 0.3) is 22.2 Å². The molecule has 0 spiro atoms. The maximum absolute atomic E-state index is 6.45. The van der Waals surface area contributed by atoms with Gasteiger partial charge in [0.05, 0.1) is 23.1 Å². The number of aromatic amines is 1. The first-order valence-electron chi connectivity index (χ1n) is 8.04. The van der Waals surface area contributed by atoms with Crippen LogP contribution in [-0.4, -0.2) is 23.9 Å². The fourth-order valence-corrected chi connectivity index (χ4v) is 3.74. The molecule has 0 fully saturated rings. The summed E-state index contributed by atoms with van der Waals surface area (Å²) in [6, 6.07) is 14.0. The zero-order chi connectivity index (χ0) is 16.5. The van der Waals surface area contributed by atoms with Gasteiger partial charge in [-0.2, -0.15) is 0 Å². The minimum atomic E-state index is 0.644. The van der Waals surface area contributed by atoms with Gasteiger partial charge in [0.2, 0.25) is 0 Å². The Bertz CT molecular complexity index is 928. The lowest BCUT2D eigenvalue weighted by Crippen LogP contribution is -2.18. The molecule has 24 heavy (non-hydrogen) atoms. The average molecular weight is 358 g/mol. The number of hydrogen-bond acceptors (Lipinski definition) is 2. The van der Waals surface area contributed by atoms with Crippen molar-refractivity contribution in [3.8, 4) is 11.3 Å². The molecule has 2 aromatic carbocycles. The van der Waals surface area contributed by atoms with Gasteiger partial charge in [-0.15, -0.1) is 0 Å². The topological polar surface area (TPSA) is 40.2 Å². The quantitative estimate of drug-likeness (QED) is 0.671. The number of fused-ring (bicyclic) bond motifs is 1. The summed E-state index contributed by atoms with van der Waals surface area (Å²) >= 11 is 12.5. The molecule has 0 atom stereocenters. The van der Waals surface area contributed by atoms with Crippen LogP contribution in [0.1, 0.15) is 12.0 Å². The summed E-state index contributed by atoms with van der Waals surface area (Å²) in [4.78, 5) is 8.03. The third-order valence-electron chi connectivity index (χ3n) is 4.37. The molecule has 0 radical (unpaired) electrons. The second-order valence-corrected chi connectivity index (χ2v) is 6.75. The van der Waals surface area contributed by atoms with Gasteiger partial charge in [-0.05, 0) is 36.2 Å². The molecule has 1 aromatic heterocycles. The highest BCUT2D eigenvalue weighted by molar-refractivity contribution is 6.36. The number of rotatable bonds is 4. The third-order valence-corrected chi connectivity index (χ3v) is 4.92. The van der Waals surface area contributed by atoms with E-state index in [2.05, 4.69) is 33.5 Å². The molecule has 0 saturated heterocycles. The highest BCUT2D eigenvalue weighted by atomic mass is 35.5. The average Bonchev–Trinajstić information content (AvgIpc) is 3.20. The third kappa shape index (κ3) is 2.90. The molecule has 0 saturated carbocycles. The van der Waals surface area contributed by atoms with E-state index in [1.165, 1.54) is 10.9 Å². The Balaban J connectivity index is 1.80. The fraction of sp³-hybridized carbons (Fsp3) is 0.211. The number of benzene rings is 2. The van der Waals surface area contributed by atoms with Gasteiger partial charge in [-0.1, -0.05) is 41.4 Å². The normalized spacial score (nSPS) is 14.0. The van der Waals surface area contributed by atoms with Gasteiger partial charge < -0.3 is 10.3 Å². The Morgan fingerprint density at radius 3 is 2.71 bits per heavy atom. The lowest BCUT2D eigenvalue weighted by atomic mass is 10.0. The molecule has 2 N–H and O–H groups in total. The highest BCUT2D eigenvalue weighted by Gasteiger charge is 2.16. The second kappa shape index (κ2) is 6.50. The number of aromatic nitrogens is 1. The Kier molecular flexibility index (Phi) is 4.21. The van der Waals surface area contributed by atoms with Crippen LogP contribution in [0.15, 0.2) is 47.5 Å². The Morgan fingerprint density at radius 1 is 1.04 bits per heavy atom. The molecule has 3 aromatic rings. The lowest BCUT2D eigenvalue weighted by molar-refractivity contribution is 0.936. The van der Waals surface area contributed by atoms with Crippen molar-refractivity contribution >= 4 is 39.9 Å². The molecular weight excluding hydrogens is 341 g/mol. The van der Waals surface area contributed by atoms with E-state index in [1.54, 1.807) is 6.07 Å². The van der Waals surface area contributed by atoms with Gasteiger partial charge in [-0.3, -0.25) is 4.99 Å². The van der Waals surface area contributed by atoms with Crippen molar-refractivity contribution in [2.24, 2.45) is 4.99 Å². The summed E-state index contributed by atoms with van der Waals surface area (Å²) in [5.74, 6) is 1.09. The van der Waals surface area contributed by atoms with Crippen LogP contribution in [0.2, 0.25) is 10.0 Å². The van der Waals surface area contributed by atoms with Crippen LogP contribution in [-0.2, 0) is 6.42 Å². The van der Waals surface area contributed by atoms with Crippen molar-refractivity contribution in [1.82, 2.24) is 10.3 Å². The van der Waals surface area contributed by atoms with Crippen LogP contribution in [0, 0.1) is 0 Å². The van der Waals surface area contributed by atoms with Crippen LogP contribution in [0.5, 0.6) is 0 Å². The van der Waals surface area contributed by atoms with Crippen molar-refractivity contribution in [3.05, 3.63) is 58.1 Å². The summed E-state index contributed by atoms with van der Waals surface area (Å²) in [6.07, 6.45) is 1.81. The molecule has 4 rings (SSSR count). The van der Waals surface area contributed by atoms with Crippen molar-refractivity contribution in [2.45, 2.75) is 12.8 Å². The zero-order valence-corrected chi connectivity index (χ0v) is 14.6. The number of nitrogens with one attached hydrogen (secondary N) is 2. The van der Waals surface area contributed by atoms with E-state index in [9.17, 15) is 0 Å². The van der Waals surface area contributed by atoms with Crippen LogP contribution >= 0.6 is 23.2 Å². The zero-order valence-electron chi connectivity index (χ0n) is 13.1. The largest absolute Gasteiger partial charge is 0.372 e. The molecular formula is C19H17Cl2N3. The fourth-order valence-electron chi connectivity index (χ4n) is 3.24. The summed E-state index contributed by atoms with van der Waals surface area (Å²) < 4.78 is 0. The van der Waals surface area contributed by atoms with Gasteiger partial charge in [0.15, 0.2) is 0 Å². The van der Waals surface area contributed by atoms with Crippen molar-refractivity contribution in [3.63, 3.8) is 0 Å². The summed E-state index contributed by atoms with van der Waals surface area (Å²) in [6.45, 7) is 1.82. The number of hydrogen-bond donors (Lipinski definition) is 2. The van der Waals surface area contributed by atoms with Crippen LogP contribution in [0.3, 0.4) is 0 Å². The van der Waals surface area contributed by atoms with Gasteiger partial charge in [0.25, 0.3) is 0 Å². The van der Waals surface area contributed by atoms with Gasteiger partial charge >= 0.3 is 0 Å². The van der Waals surface area contributed by atoms with E-state index < -0.39 is 0 Å². The molecule has 0 aliphatic carbocycles. The number of amidine groups is 1. The molecule has 3 nitrogen and oxygen atoms in total. The molecule has 0 amide bonds. The van der Waals surface area contributed by atoms with E-state index in [4.69, 9.17) is 23.2 Å². The molecule has 0 unspecified atom stereocenters. The van der Waals surface area contributed by atoms with E-state index >= 15 is 0 Å². The number of H-pyrrole nitrogens is 1. The first kappa shape index (κ1) is 15.6. The predicted molar refractivity (Wildman–Crippen MR) is 102 cm³/mol. The Hall–Kier alpha value is -1.97. The van der Waals surface area contributed by atoms with E-state index in [-0.39, 0.29) is 0 Å². The molecule has 0 bridgehead atoms. The summed E-state index contributed by atoms with van der Waals surface area (Å²) in [5, 5.41) is 5.88. The van der Waals surface area contributed by atoms with Crippen molar-refractivity contribution in [1.29, 1.82) is 0 Å². The molecule has 1 aliphatic rings. The molecule has 122 valence electrons. The predicted octanol–water partition coefficient (Wildman–Crippen LogP) is 5.08. The molecule has 5 heteroatoms. The number of para-hydroxylation sites is 1. The minimum Gasteiger partial charge on any atom is -0.372 e. The van der Waals surface area contributed by atoms with Crippen molar-refractivity contribution < 1.29 is 0 Å². The first-order valence-corrected chi connectivity index (χ1v) is 8.80. The first-order chi connectivity index (χ1) is 11.7. The lowest BCUT2D eigenvalue weighted by Gasteiger charge is -2.08. The minimum absolute atomic E-state index is 0.644. The van der Waals surface area contributed by atoms with E-state index in [0.717, 1.165) is 48.5 Å². The standard InChI is InChI=1S/C19H17Cl2N3/c20-12-5-6-15(16(21)11-12)19-14(7-8-18-22-9-10-23-18)13-3-1-2-4-17(13)24-19/h1-6,11,24H,7-10H2,(H,22,23). The monoisotopic (exact) mass is 357 g/mol. The second-order valence-electron chi connectivity index (χ2n) is 5.90. The van der Waals surface area contributed by atoms with Gasteiger partial charge in [0.1, 0.15) is 0 Å². The highest BCUT2D eigenvalue weighted by Crippen LogP contribution is 2.36. The SMILES string of the molecule is Clc1ccc(-c2[nH]c3ccccc3c2CCC2=NCCN2)c(Cl)c1. The van der Waals surface area contributed by atoms with Gasteiger partial charge in [0, 0.05) is 34.5 Å². The number of halogens is 2. The van der Waals surface area contributed by atoms with E-state index in [0.29, 0.717) is 10.0 Å². The van der Waals surface area contributed by atoms with Gasteiger partial charge in [-0.25, -0.2) is 0 Å². The van der Waals surface area contributed by atoms with Crippen LogP contribution in [0.4, 0.5) is 0 Å². The number of nitrogens with zero attached hydrogens (tertiary/aromatic N) is 1. The summed E-state index contributed by atoms with van der Waals surface area (Å²) in [7, 11) is 0. The maximum Gasteiger partial charge on any atom is 0.0967 e. The van der Waals surface area contributed by atoms with E-state index in [1.807, 2.05) is 18.2 Å². The van der Waals surface area contributed by atoms with Crippen molar-refractivity contribution in [2.75, 3.05) is 13.1 Å².